The number of halogens is 3. The Morgan fingerprint density at radius 2 is 1.68 bits per heavy atom. The molecule has 0 atom stereocenters. The average molecular weight is 281 g/mol. The molecule has 0 aliphatic heterocycles. The van der Waals surface area contributed by atoms with Gasteiger partial charge in [-0.3, -0.25) is 9.63 Å². The highest BCUT2D eigenvalue weighted by Gasteiger charge is 2.33. The van der Waals surface area contributed by atoms with E-state index in [9.17, 15) is 18.0 Å². The lowest BCUT2D eigenvalue weighted by Gasteiger charge is -2.36. The zero-order valence-corrected chi connectivity index (χ0v) is 11.6. The summed E-state index contributed by atoms with van der Waals surface area (Å²) >= 11 is 0. The van der Waals surface area contributed by atoms with E-state index in [0.717, 1.165) is 12.8 Å². The molecule has 0 saturated heterocycles. The van der Waals surface area contributed by atoms with Gasteiger partial charge in [0.25, 0.3) is 0 Å². The van der Waals surface area contributed by atoms with Gasteiger partial charge in [-0.2, -0.15) is 13.2 Å². The van der Waals surface area contributed by atoms with Gasteiger partial charge < -0.3 is 0 Å². The van der Waals surface area contributed by atoms with E-state index < -0.39 is 18.7 Å². The van der Waals surface area contributed by atoms with E-state index in [2.05, 4.69) is 25.6 Å². The van der Waals surface area contributed by atoms with Crippen LogP contribution in [0.4, 0.5) is 13.2 Å². The van der Waals surface area contributed by atoms with Gasteiger partial charge in [0.2, 0.25) is 5.91 Å². The van der Waals surface area contributed by atoms with E-state index in [1.54, 1.807) is 0 Å². The van der Waals surface area contributed by atoms with Crippen LogP contribution in [0.2, 0.25) is 0 Å². The van der Waals surface area contributed by atoms with Crippen molar-refractivity contribution in [3.05, 3.63) is 0 Å². The number of hydrogen-bond acceptors (Lipinski definition) is 2. The van der Waals surface area contributed by atoms with Crippen LogP contribution in [0.25, 0.3) is 0 Å². The average Bonchev–Trinajstić information content (AvgIpc) is 2.26. The van der Waals surface area contributed by atoms with E-state index in [0.29, 0.717) is 18.8 Å². The fourth-order valence-electron chi connectivity index (χ4n) is 2.49. The number of alkyl halides is 3. The largest absolute Gasteiger partial charge is 0.414 e. The quantitative estimate of drug-likeness (QED) is 0.805. The minimum Gasteiger partial charge on any atom is -0.273 e. The number of hydroxylamine groups is 1. The fraction of sp³-hybridized carbons (Fsp3) is 0.923. The molecule has 19 heavy (non-hydrogen) atoms. The van der Waals surface area contributed by atoms with E-state index >= 15 is 0 Å². The first-order valence-electron chi connectivity index (χ1n) is 6.58. The molecule has 0 heterocycles. The van der Waals surface area contributed by atoms with Gasteiger partial charge >= 0.3 is 6.18 Å². The Kier molecular flexibility index (Phi) is 5.24. The number of rotatable bonds is 3. The van der Waals surface area contributed by atoms with Crippen molar-refractivity contribution < 1.29 is 22.8 Å². The molecule has 0 unspecified atom stereocenters. The third-order valence-electron chi connectivity index (χ3n) is 3.73. The van der Waals surface area contributed by atoms with Gasteiger partial charge in [-0.05, 0) is 37.0 Å². The number of hydrogen-bond donors (Lipinski definition) is 1. The highest BCUT2D eigenvalue weighted by atomic mass is 19.4. The lowest BCUT2D eigenvalue weighted by Crippen LogP contribution is -2.37. The molecule has 1 rings (SSSR count). The Morgan fingerprint density at radius 1 is 1.16 bits per heavy atom. The van der Waals surface area contributed by atoms with E-state index in [1.807, 2.05) is 5.48 Å². The van der Waals surface area contributed by atoms with Gasteiger partial charge in [-0.1, -0.05) is 20.8 Å². The summed E-state index contributed by atoms with van der Waals surface area (Å²) < 4.78 is 35.6. The van der Waals surface area contributed by atoms with Crippen molar-refractivity contribution in [2.45, 2.75) is 52.6 Å². The summed E-state index contributed by atoms with van der Waals surface area (Å²) in [5, 5.41) is 0. The van der Waals surface area contributed by atoms with E-state index in [-0.39, 0.29) is 11.3 Å². The van der Waals surface area contributed by atoms with Crippen LogP contribution in [0.5, 0.6) is 0 Å². The molecule has 1 N–H and O–H groups in total. The van der Waals surface area contributed by atoms with Crippen molar-refractivity contribution in [3.63, 3.8) is 0 Å². The zero-order chi connectivity index (χ0) is 14.7. The summed E-state index contributed by atoms with van der Waals surface area (Å²) in [5.41, 5.74) is 2.12. The van der Waals surface area contributed by atoms with Crippen molar-refractivity contribution >= 4 is 5.91 Å². The summed E-state index contributed by atoms with van der Waals surface area (Å²) in [6.07, 6.45) is -1.13. The smallest absolute Gasteiger partial charge is 0.273 e. The maximum atomic E-state index is 11.9. The molecule has 1 amide bonds. The SMILES string of the molecule is CC(C)(C)C1CCC(C(=O)NOCC(F)(F)F)CC1. The molecule has 0 bridgehead atoms. The topological polar surface area (TPSA) is 38.3 Å². The molecule has 0 aromatic heterocycles. The lowest BCUT2D eigenvalue weighted by molar-refractivity contribution is -0.193. The number of carbonyl (C=O) groups excluding carboxylic acids is 1. The van der Waals surface area contributed by atoms with Crippen molar-refractivity contribution in [2.24, 2.45) is 17.3 Å². The van der Waals surface area contributed by atoms with Crippen LogP contribution in [0, 0.1) is 17.3 Å². The molecule has 0 aromatic rings. The molecule has 6 heteroatoms. The predicted octanol–water partition coefficient (Wildman–Crippen LogP) is 3.45. The van der Waals surface area contributed by atoms with Crippen molar-refractivity contribution in [2.75, 3.05) is 6.61 Å². The Morgan fingerprint density at radius 3 is 2.11 bits per heavy atom. The van der Waals surface area contributed by atoms with Crippen LogP contribution < -0.4 is 5.48 Å². The van der Waals surface area contributed by atoms with Crippen LogP contribution in [-0.2, 0) is 9.63 Å². The summed E-state index contributed by atoms with van der Waals surface area (Å²) in [6.45, 7) is 5.07. The molecule has 1 aliphatic carbocycles. The summed E-state index contributed by atoms with van der Waals surface area (Å²) in [4.78, 5) is 15.8. The second kappa shape index (κ2) is 6.11. The number of amides is 1. The standard InChI is InChI=1S/C13H22F3NO2/c1-12(2,3)10-6-4-9(5-7-10)11(18)17-19-8-13(14,15)16/h9-10H,4-8H2,1-3H3,(H,17,18). The maximum Gasteiger partial charge on any atom is 0.414 e. The Bertz CT molecular complexity index is 302. The van der Waals surface area contributed by atoms with Gasteiger partial charge in [0, 0.05) is 5.92 Å². The summed E-state index contributed by atoms with van der Waals surface area (Å²) in [7, 11) is 0. The molecule has 112 valence electrons. The molecular formula is C13H22F3NO2. The first kappa shape index (κ1) is 16.3. The van der Waals surface area contributed by atoms with Crippen molar-refractivity contribution in [1.82, 2.24) is 5.48 Å². The minimum absolute atomic E-state index is 0.216. The molecule has 1 saturated carbocycles. The first-order valence-corrected chi connectivity index (χ1v) is 6.58. The molecule has 0 radical (unpaired) electrons. The van der Waals surface area contributed by atoms with Crippen LogP contribution in [0.3, 0.4) is 0 Å². The van der Waals surface area contributed by atoms with E-state index in [4.69, 9.17) is 0 Å². The third-order valence-corrected chi connectivity index (χ3v) is 3.73. The minimum atomic E-state index is -4.42. The van der Waals surface area contributed by atoms with Gasteiger partial charge in [-0.25, -0.2) is 5.48 Å². The summed E-state index contributed by atoms with van der Waals surface area (Å²) in [6, 6.07) is 0. The zero-order valence-electron chi connectivity index (χ0n) is 11.6. The number of carbonyl (C=O) groups is 1. The molecule has 1 fully saturated rings. The monoisotopic (exact) mass is 281 g/mol. The molecule has 3 nitrogen and oxygen atoms in total. The summed E-state index contributed by atoms with van der Waals surface area (Å²) in [5.74, 6) is -0.101. The third kappa shape index (κ3) is 5.80. The second-order valence-corrected chi connectivity index (χ2v) is 6.28. The second-order valence-electron chi connectivity index (χ2n) is 6.28. The van der Waals surface area contributed by atoms with Crippen molar-refractivity contribution in [1.29, 1.82) is 0 Å². The van der Waals surface area contributed by atoms with Crippen LogP contribution in [0.1, 0.15) is 46.5 Å². The van der Waals surface area contributed by atoms with Gasteiger partial charge in [0.1, 0.15) is 0 Å². The lowest BCUT2D eigenvalue weighted by atomic mass is 9.70. The molecule has 0 spiro atoms. The van der Waals surface area contributed by atoms with Gasteiger partial charge in [0.15, 0.2) is 6.61 Å². The fourth-order valence-corrected chi connectivity index (χ4v) is 2.49. The van der Waals surface area contributed by atoms with Crippen LogP contribution in [-0.4, -0.2) is 18.7 Å². The highest BCUT2D eigenvalue weighted by Crippen LogP contribution is 2.39. The molecular weight excluding hydrogens is 259 g/mol. The normalized spacial score (nSPS) is 25.2. The Hall–Kier alpha value is -0.780. The predicted molar refractivity (Wildman–Crippen MR) is 65.1 cm³/mol. The highest BCUT2D eigenvalue weighted by molar-refractivity contribution is 5.77. The van der Waals surface area contributed by atoms with Crippen LogP contribution in [0.15, 0.2) is 0 Å². The van der Waals surface area contributed by atoms with Crippen molar-refractivity contribution in [3.8, 4) is 0 Å². The molecule has 0 aromatic carbocycles. The first-order chi connectivity index (χ1) is 8.59. The van der Waals surface area contributed by atoms with Crippen LogP contribution >= 0.6 is 0 Å². The van der Waals surface area contributed by atoms with E-state index in [1.165, 1.54) is 0 Å². The maximum absolute atomic E-state index is 11.9. The van der Waals surface area contributed by atoms with Gasteiger partial charge in [-0.15, -0.1) is 0 Å². The Balaban J connectivity index is 2.29. The van der Waals surface area contributed by atoms with Gasteiger partial charge in [0.05, 0.1) is 0 Å². The number of nitrogens with one attached hydrogen (secondary N) is 1. The molecule has 1 aliphatic rings. The Labute approximate surface area is 111 Å².